The molecule has 3 heterocycles. The third-order valence-corrected chi connectivity index (χ3v) is 10.8. The Morgan fingerprint density at radius 1 is 1.03 bits per heavy atom. The lowest BCUT2D eigenvalue weighted by Crippen LogP contribution is -2.67. The van der Waals surface area contributed by atoms with E-state index in [0.717, 1.165) is 38.3 Å². The Balaban J connectivity index is 1.22. The zero-order valence-electron chi connectivity index (χ0n) is 23.9. The van der Waals surface area contributed by atoms with Crippen LogP contribution in [0.25, 0.3) is 0 Å². The molecule has 218 valence electrons. The van der Waals surface area contributed by atoms with E-state index in [-0.39, 0.29) is 37.0 Å². The molecule has 3 saturated heterocycles. The summed E-state index contributed by atoms with van der Waals surface area (Å²) in [5.41, 5.74) is 0. The molecule has 0 aromatic rings. The Morgan fingerprint density at radius 3 is 2.42 bits per heavy atom. The molecule has 2 saturated carbocycles. The van der Waals surface area contributed by atoms with Crippen molar-refractivity contribution in [2.24, 2.45) is 35.5 Å². The van der Waals surface area contributed by atoms with Gasteiger partial charge in [0.2, 0.25) is 0 Å². The molecule has 7 nitrogen and oxygen atoms in total. The van der Waals surface area contributed by atoms with Crippen molar-refractivity contribution in [3.63, 3.8) is 0 Å². The zero-order chi connectivity index (χ0) is 27.4. The number of hydrogen-bond acceptors (Lipinski definition) is 5. The third kappa shape index (κ3) is 5.44. The minimum absolute atomic E-state index is 0.0301. The van der Waals surface area contributed by atoms with Crippen LogP contribution < -0.4 is 16.0 Å². The molecule has 4 N–H and O–H groups in total. The van der Waals surface area contributed by atoms with E-state index in [1.807, 2.05) is 19.0 Å². The standard InChI is InChI=1S/C28H50F3N7/c1-16(2)20-8-6-7-9-21(20)24-33-13-22-26(35-24)38(27(32)37(22)5)14-19-11-10-18(12-17(19)3)25-34-23(15-36(25)4)28(29,30)31/h16-26,32-35H,6-15H2,1-5H3. The van der Waals surface area contributed by atoms with Gasteiger partial charge in [0.15, 0.2) is 5.96 Å². The lowest BCUT2D eigenvalue weighted by atomic mass is 9.71. The highest BCUT2D eigenvalue weighted by Crippen LogP contribution is 2.41. The molecular weight excluding hydrogens is 491 g/mol. The monoisotopic (exact) mass is 541 g/mol. The van der Waals surface area contributed by atoms with E-state index < -0.39 is 12.2 Å². The van der Waals surface area contributed by atoms with Crippen molar-refractivity contribution >= 4 is 5.96 Å². The van der Waals surface area contributed by atoms with E-state index in [4.69, 9.17) is 5.41 Å². The van der Waals surface area contributed by atoms with Crippen molar-refractivity contribution in [2.45, 2.75) is 102 Å². The number of likely N-dealkylation sites (N-methyl/N-ethyl adjacent to an activating group) is 2. The summed E-state index contributed by atoms with van der Waals surface area (Å²) in [5.74, 6) is 3.71. The highest BCUT2D eigenvalue weighted by Gasteiger charge is 2.50. The predicted octanol–water partition coefficient (Wildman–Crippen LogP) is 3.69. The maximum absolute atomic E-state index is 13.3. The van der Waals surface area contributed by atoms with Gasteiger partial charge in [-0.15, -0.1) is 0 Å². The van der Waals surface area contributed by atoms with Crippen molar-refractivity contribution in [2.75, 3.05) is 33.7 Å². The van der Waals surface area contributed by atoms with Crippen molar-refractivity contribution in [1.82, 2.24) is 30.7 Å². The first-order valence-electron chi connectivity index (χ1n) is 15.1. The Hall–Kier alpha value is -1.10. The van der Waals surface area contributed by atoms with Gasteiger partial charge in [-0.3, -0.25) is 26.3 Å². The second-order valence-corrected chi connectivity index (χ2v) is 13.5. The number of rotatable bonds is 5. The van der Waals surface area contributed by atoms with E-state index in [2.05, 4.69) is 46.5 Å². The predicted molar refractivity (Wildman–Crippen MR) is 144 cm³/mol. The van der Waals surface area contributed by atoms with Crippen LogP contribution in [0.15, 0.2) is 0 Å². The van der Waals surface area contributed by atoms with Crippen molar-refractivity contribution < 1.29 is 13.2 Å². The van der Waals surface area contributed by atoms with Gasteiger partial charge in [0.05, 0.1) is 18.4 Å². The molecule has 0 bridgehead atoms. The van der Waals surface area contributed by atoms with Gasteiger partial charge >= 0.3 is 6.18 Å². The van der Waals surface area contributed by atoms with Crippen LogP contribution in [-0.2, 0) is 0 Å². The van der Waals surface area contributed by atoms with Crippen LogP contribution in [0.3, 0.4) is 0 Å². The molecule has 2 aliphatic carbocycles. The molecular formula is C28H50F3N7. The number of alkyl halides is 3. The number of fused-ring (bicyclic) bond motifs is 1. The fourth-order valence-corrected chi connectivity index (χ4v) is 8.55. The highest BCUT2D eigenvalue weighted by atomic mass is 19.4. The summed E-state index contributed by atoms with van der Waals surface area (Å²) >= 11 is 0. The molecule has 3 aliphatic heterocycles. The Bertz CT molecular complexity index is 838. The van der Waals surface area contributed by atoms with Gasteiger partial charge in [-0.05, 0) is 74.7 Å². The number of nitrogens with zero attached hydrogens (tertiary/aromatic N) is 3. The van der Waals surface area contributed by atoms with Crippen LogP contribution in [0.4, 0.5) is 13.2 Å². The topological polar surface area (TPSA) is 69.7 Å². The summed E-state index contributed by atoms with van der Waals surface area (Å²) in [6.45, 7) is 8.75. The summed E-state index contributed by atoms with van der Waals surface area (Å²) < 4.78 is 40.0. The summed E-state index contributed by atoms with van der Waals surface area (Å²) in [7, 11) is 3.86. The molecule has 10 unspecified atom stereocenters. The molecule has 5 fully saturated rings. The average molecular weight is 542 g/mol. The van der Waals surface area contributed by atoms with E-state index in [1.54, 1.807) is 0 Å². The van der Waals surface area contributed by atoms with Crippen LogP contribution in [0.5, 0.6) is 0 Å². The molecule has 5 aliphatic rings. The maximum atomic E-state index is 13.3. The number of guanidine groups is 1. The van der Waals surface area contributed by atoms with Gasteiger partial charge in [-0.25, -0.2) is 0 Å². The van der Waals surface area contributed by atoms with E-state index >= 15 is 0 Å². The molecule has 0 aromatic heterocycles. The molecule has 5 rings (SSSR count). The second-order valence-electron chi connectivity index (χ2n) is 13.5. The van der Waals surface area contributed by atoms with Gasteiger partial charge in [0, 0.05) is 26.7 Å². The SMILES string of the molecule is CC(C)C1CCCCC1C1NCC2C(N1)N(CC1CCC(C3NC(C(F)(F)F)CN3C)CC1C)C(=N)N2C. The normalized spacial score (nSPS) is 43.2. The van der Waals surface area contributed by atoms with Gasteiger partial charge in [-0.1, -0.05) is 33.6 Å². The van der Waals surface area contributed by atoms with Crippen LogP contribution in [0.2, 0.25) is 0 Å². The van der Waals surface area contributed by atoms with Crippen LogP contribution in [0, 0.1) is 40.9 Å². The van der Waals surface area contributed by atoms with Crippen LogP contribution in [-0.4, -0.2) is 91.1 Å². The summed E-state index contributed by atoms with van der Waals surface area (Å²) in [4.78, 5) is 6.28. The Labute approximate surface area is 227 Å². The number of hydrogen-bond donors (Lipinski definition) is 4. The summed E-state index contributed by atoms with van der Waals surface area (Å²) in [6.07, 6.45) is 4.08. The molecule has 0 spiro atoms. The first-order valence-corrected chi connectivity index (χ1v) is 15.1. The minimum atomic E-state index is -4.20. The Morgan fingerprint density at radius 2 is 1.76 bits per heavy atom. The molecule has 0 aromatic carbocycles. The lowest BCUT2D eigenvalue weighted by Gasteiger charge is -2.46. The third-order valence-electron chi connectivity index (χ3n) is 10.8. The molecule has 38 heavy (non-hydrogen) atoms. The van der Waals surface area contributed by atoms with Gasteiger partial charge < -0.3 is 9.80 Å². The molecule has 0 radical (unpaired) electrons. The van der Waals surface area contributed by atoms with E-state index in [9.17, 15) is 13.2 Å². The average Bonchev–Trinajstić information content (AvgIpc) is 3.38. The largest absolute Gasteiger partial charge is 0.405 e. The van der Waals surface area contributed by atoms with Gasteiger partial charge in [-0.2, -0.15) is 13.2 Å². The quantitative estimate of drug-likeness (QED) is 0.426. The van der Waals surface area contributed by atoms with Crippen molar-refractivity contribution in [3.05, 3.63) is 0 Å². The van der Waals surface area contributed by atoms with Crippen LogP contribution >= 0.6 is 0 Å². The first-order chi connectivity index (χ1) is 18.0. The fraction of sp³-hybridized carbons (Fsp3) is 0.964. The molecule has 10 atom stereocenters. The number of halogens is 3. The maximum Gasteiger partial charge on any atom is 0.405 e. The molecule has 0 amide bonds. The lowest BCUT2D eigenvalue weighted by molar-refractivity contribution is -0.150. The van der Waals surface area contributed by atoms with Crippen molar-refractivity contribution in [1.29, 1.82) is 5.41 Å². The molecule has 10 heteroatoms. The van der Waals surface area contributed by atoms with Gasteiger partial charge in [0.1, 0.15) is 12.2 Å². The van der Waals surface area contributed by atoms with E-state index in [1.165, 1.54) is 25.7 Å². The zero-order valence-corrected chi connectivity index (χ0v) is 23.9. The highest BCUT2D eigenvalue weighted by molar-refractivity contribution is 5.80. The van der Waals surface area contributed by atoms with Crippen LogP contribution in [0.1, 0.15) is 65.7 Å². The smallest absolute Gasteiger partial charge is 0.338 e. The summed E-state index contributed by atoms with van der Waals surface area (Å²) in [5, 5.41) is 19.6. The van der Waals surface area contributed by atoms with Gasteiger partial charge in [0.25, 0.3) is 0 Å². The first kappa shape index (κ1) is 28.4. The van der Waals surface area contributed by atoms with E-state index in [0.29, 0.717) is 29.6 Å². The number of nitrogens with one attached hydrogen (secondary N) is 4. The minimum Gasteiger partial charge on any atom is -0.338 e. The fourth-order valence-electron chi connectivity index (χ4n) is 8.55. The second kappa shape index (κ2) is 11.1. The van der Waals surface area contributed by atoms with Crippen molar-refractivity contribution in [3.8, 4) is 0 Å². The summed E-state index contributed by atoms with van der Waals surface area (Å²) in [6, 6.07) is -1.19. The Kier molecular flexibility index (Phi) is 8.27.